The molecule has 2 N–H and O–H groups in total. The molecule has 0 aliphatic heterocycles. The maximum atomic E-state index is 9.40. The van der Waals surface area contributed by atoms with Crippen LogP contribution in [-0.2, 0) is 5.41 Å². The molecule has 0 aromatic carbocycles. The molecule has 1 atom stereocenters. The predicted octanol–water partition coefficient (Wildman–Crippen LogP) is 2.72. The van der Waals surface area contributed by atoms with Gasteiger partial charge in [0, 0.05) is 24.6 Å². The highest BCUT2D eigenvalue weighted by Gasteiger charge is 2.23. The molecule has 1 rings (SSSR count). The Balaban J connectivity index is 3.33. The highest BCUT2D eigenvalue weighted by Crippen LogP contribution is 2.28. The summed E-state index contributed by atoms with van der Waals surface area (Å²) in [6.45, 7) is 13.5. The Kier molecular flexibility index (Phi) is 5.96. The van der Waals surface area contributed by atoms with Gasteiger partial charge in [0.2, 0.25) is 0 Å². The van der Waals surface area contributed by atoms with Gasteiger partial charge in [-0.05, 0) is 20.3 Å². The number of likely N-dealkylation sites (N-methyl/N-ethyl adjacent to an activating group) is 1. The minimum atomic E-state index is -0.117. The number of hydrogen-bond acceptors (Lipinski definition) is 5. The molecule has 0 aliphatic rings. The van der Waals surface area contributed by atoms with Crippen molar-refractivity contribution in [1.29, 1.82) is 0 Å². The van der Waals surface area contributed by atoms with Gasteiger partial charge in [-0.3, -0.25) is 0 Å². The molecule has 0 aliphatic carbocycles. The number of hydrogen-bond donors (Lipinski definition) is 2. The van der Waals surface area contributed by atoms with Crippen LogP contribution in [0.2, 0.25) is 0 Å². The topological polar surface area (TPSA) is 61.3 Å². The first-order valence-electron chi connectivity index (χ1n) is 7.69. The summed E-state index contributed by atoms with van der Waals surface area (Å²) in [5.41, 5.74) is 0.910. The molecule has 1 heterocycles. The van der Waals surface area contributed by atoms with Crippen LogP contribution in [-0.4, -0.2) is 41.3 Å². The van der Waals surface area contributed by atoms with E-state index in [0.29, 0.717) is 0 Å². The van der Waals surface area contributed by atoms with E-state index < -0.39 is 0 Å². The Bertz CT molecular complexity index is 468. The van der Waals surface area contributed by atoms with Crippen LogP contribution in [0.1, 0.15) is 52.4 Å². The standard InChI is InChI=1S/C16H30N4O/c1-8-9-17-13-12(3)14(20(7)11(2)10-21)19-15(18-13)16(4,5)6/h11,21H,8-10H2,1-7H3,(H,17,18,19). The second-order valence-electron chi connectivity index (χ2n) is 6.66. The lowest BCUT2D eigenvalue weighted by atomic mass is 9.95. The smallest absolute Gasteiger partial charge is 0.138 e. The maximum Gasteiger partial charge on any atom is 0.138 e. The van der Waals surface area contributed by atoms with E-state index in [1.807, 2.05) is 25.8 Å². The van der Waals surface area contributed by atoms with Crippen LogP contribution in [0.4, 0.5) is 11.6 Å². The highest BCUT2D eigenvalue weighted by molar-refractivity contribution is 5.59. The minimum Gasteiger partial charge on any atom is -0.394 e. The number of aliphatic hydroxyl groups excluding tert-OH is 1. The molecule has 21 heavy (non-hydrogen) atoms. The van der Waals surface area contributed by atoms with Crippen molar-refractivity contribution in [3.8, 4) is 0 Å². The van der Waals surface area contributed by atoms with Crippen molar-refractivity contribution in [3.05, 3.63) is 11.4 Å². The summed E-state index contributed by atoms with van der Waals surface area (Å²) in [6.07, 6.45) is 1.05. The number of nitrogens with one attached hydrogen (secondary N) is 1. The van der Waals surface area contributed by atoms with Gasteiger partial charge < -0.3 is 15.3 Å². The van der Waals surface area contributed by atoms with E-state index in [1.54, 1.807) is 0 Å². The van der Waals surface area contributed by atoms with Crippen molar-refractivity contribution in [2.45, 2.75) is 59.4 Å². The lowest BCUT2D eigenvalue weighted by molar-refractivity contribution is 0.269. The van der Waals surface area contributed by atoms with Gasteiger partial charge in [-0.15, -0.1) is 0 Å². The van der Waals surface area contributed by atoms with Gasteiger partial charge >= 0.3 is 0 Å². The van der Waals surface area contributed by atoms with Crippen LogP contribution in [0.5, 0.6) is 0 Å². The first kappa shape index (κ1) is 17.7. The second kappa shape index (κ2) is 7.07. The van der Waals surface area contributed by atoms with E-state index in [0.717, 1.165) is 36.0 Å². The third-order valence-electron chi connectivity index (χ3n) is 3.59. The average Bonchev–Trinajstić information content (AvgIpc) is 2.43. The molecule has 0 saturated carbocycles. The Morgan fingerprint density at radius 1 is 1.29 bits per heavy atom. The molecule has 1 aromatic rings. The van der Waals surface area contributed by atoms with Crippen LogP contribution >= 0.6 is 0 Å². The van der Waals surface area contributed by atoms with E-state index in [2.05, 4.69) is 33.0 Å². The lowest BCUT2D eigenvalue weighted by Crippen LogP contribution is -2.34. The van der Waals surface area contributed by atoms with E-state index in [4.69, 9.17) is 9.97 Å². The molecule has 0 spiro atoms. The monoisotopic (exact) mass is 294 g/mol. The Morgan fingerprint density at radius 3 is 2.38 bits per heavy atom. The Labute approximate surface area is 128 Å². The van der Waals surface area contributed by atoms with E-state index >= 15 is 0 Å². The molecule has 5 heteroatoms. The third-order valence-corrected chi connectivity index (χ3v) is 3.59. The normalized spacial score (nSPS) is 13.1. The van der Waals surface area contributed by atoms with Crippen LogP contribution < -0.4 is 10.2 Å². The van der Waals surface area contributed by atoms with Crippen molar-refractivity contribution in [2.75, 3.05) is 30.4 Å². The Morgan fingerprint density at radius 2 is 1.90 bits per heavy atom. The average molecular weight is 294 g/mol. The fourth-order valence-electron chi connectivity index (χ4n) is 1.93. The predicted molar refractivity (Wildman–Crippen MR) is 89.2 cm³/mol. The van der Waals surface area contributed by atoms with Gasteiger partial charge in [0.15, 0.2) is 0 Å². The largest absolute Gasteiger partial charge is 0.394 e. The summed E-state index contributed by atoms with van der Waals surface area (Å²) >= 11 is 0. The summed E-state index contributed by atoms with van der Waals surface area (Å²) in [5, 5.41) is 12.8. The molecule has 1 unspecified atom stereocenters. The van der Waals surface area contributed by atoms with E-state index in [-0.39, 0.29) is 18.1 Å². The summed E-state index contributed by atoms with van der Waals surface area (Å²) in [7, 11) is 1.96. The van der Waals surface area contributed by atoms with Gasteiger partial charge in [0.25, 0.3) is 0 Å². The van der Waals surface area contributed by atoms with Gasteiger partial charge in [-0.2, -0.15) is 0 Å². The number of nitrogens with zero attached hydrogens (tertiary/aromatic N) is 3. The zero-order valence-corrected chi connectivity index (χ0v) is 14.5. The van der Waals surface area contributed by atoms with Crippen molar-refractivity contribution < 1.29 is 5.11 Å². The van der Waals surface area contributed by atoms with Gasteiger partial charge in [0.1, 0.15) is 17.5 Å². The molecule has 5 nitrogen and oxygen atoms in total. The maximum absolute atomic E-state index is 9.40. The van der Waals surface area contributed by atoms with Crippen LogP contribution in [0.3, 0.4) is 0 Å². The Hall–Kier alpha value is -1.36. The van der Waals surface area contributed by atoms with Crippen molar-refractivity contribution >= 4 is 11.6 Å². The summed E-state index contributed by atoms with van der Waals surface area (Å²) in [5.74, 6) is 2.59. The third kappa shape index (κ3) is 4.30. The molecule has 0 saturated heterocycles. The van der Waals surface area contributed by atoms with E-state index in [9.17, 15) is 5.11 Å². The van der Waals surface area contributed by atoms with Crippen molar-refractivity contribution in [1.82, 2.24) is 9.97 Å². The minimum absolute atomic E-state index is 0.0189. The lowest BCUT2D eigenvalue weighted by Gasteiger charge is -2.29. The van der Waals surface area contributed by atoms with Crippen molar-refractivity contribution in [3.63, 3.8) is 0 Å². The van der Waals surface area contributed by atoms with Gasteiger partial charge in [-0.1, -0.05) is 27.7 Å². The molecule has 0 bridgehead atoms. The zero-order valence-electron chi connectivity index (χ0n) is 14.5. The zero-order chi connectivity index (χ0) is 16.2. The van der Waals surface area contributed by atoms with Gasteiger partial charge in [0.05, 0.1) is 12.6 Å². The quantitative estimate of drug-likeness (QED) is 0.844. The summed E-state index contributed by atoms with van der Waals surface area (Å²) in [6, 6.07) is 0.0189. The van der Waals surface area contributed by atoms with Crippen LogP contribution in [0, 0.1) is 6.92 Å². The number of rotatable bonds is 6. The molecular formula is C16H30N4O. The van der Waals surface area contributed by atoms with Crippen LogP contribution in [0.15, 0.2) is 0 Å². The molecule has 0 radical (unpaired) electrons. The molecule has 120 valence electrons. The molecule has 1 aromatic heterocycles. The van der Waals surface area contributed by atoms with Crippen LogP contribution in [0.25, 0.3) is 0 Å². The fraction of sp³-hybridized carbons (Fsp3) is 0.750. The summed E-state index contributed by atoms with van der Waals surface area (Å²) in [4.78, 5) is 11.5. The highest BCUT2D eigenvalue weighted by atomic mass is 16.3. The first-order valence-corrected chi connectivity index (χ1v) is 7.69. The number of aromatic nitrogens is 2. The molecular weight excluding hydrogens is 264 g/mol. The SMILES string of the molecule is CCCNc1nc(C(C)(C)C)nc(N(C)C(C)CO)c1C. The first-order chi connectivity index (χ1) is 9.72. The van der Waals surface area contributed by atoms with Crippen molar-refractivity contribution in [2.24, 2.45) is 0 Å². The molecule has 0 amide bonds. The molecule has 0 fully saturated rings. The van der Waals surface area contributed by atoms with E-state index in [1.165, 1.54) is 0 Å². The fourth-order valence-corrected chi connectivity index (χ4v) is 1.93. The number of aliphatic hydroxyl groups is 1. The summed E-state index contributed by atoms with van der Waals surface area (Å²) < 4.78 is 0. The number of anilines is 2. The van der Waals surface area contributed by atoms with Gasteiger partial charge in [-0.25, -0.2) is 9.97 Å². The second-order valence-corrected chi connectivity index (χ2v) is 6.66.